The van der Waals surface area contributed by atoms with Crippen LogP contribution in [0.1, 0.15) is 11.6 Å². The van der Waals surface area contributed by atoms with Gasteiger partial charge in [0.1, 0.15) is 5.82 Å². The number of halogens is 1. The van der Waals surface area contributed by atoms with Crippen molar-refractivity contribution >= 4 is 10.0 Å². The van der Waals surface area contributed by atoms with E-state index in [4.69, 9.17) is 9.47 Å². The lowest BCUT2D eigenvalue weighted by molar-refractivity contribution is 0.271. The number of hydrogen-bond acceptors (Lipinski definition) is 5. The highest BCUT2D eigenvalue weighted by molar-refractivity contribution is 7.89. The van der Waals surface area contributed by atoms with E-state index in [0.29, 0.717) is 30.2 Å². The van der Waals surface area contributed by atoms with Gasteiger partial charge in [0, 0.05) is 25.7 Å². The van der Waals surface area contributed by atoms with Gasteiger partial charge in [-0.25, -0.2) is 12.8 Å². The maximum atomic E-state index is 13.6. The van der Waals surface area contributed by atoms with E-state index in [0.717, 1.165) is 0 Å². The zero-order valence-corrected chi connectivity index (χ0v) is 15.4. The number of hydrogen-bond donors (Lipinski definition) is 1. The molecule has 140 valence electrons. The van der Waals surface area contributed by atoms with Crippen molar-refractivity contribution in [3.05, 3.63) is 53.8 Å². The third-order valence-corrected chi connectivity index (χ3v) is 6.29. The van der Waals surface area contributed by atoms with Crippen molar-refractivity contribution in [2.24, 2.45) is 0 Å². The predicted octanol–water partition coefficient (Wildman–Crippen LogP) is 2.18. The standard InChI is InChI=1S/C18H21FN2O4S/c1-24-17-7-6-15(11-18(17)25-2)26(22,23)21-9-8-20-12-16(21)13-4-3-5-14(19)10-13/h3-7,10-11,16,20H,8-9,12H2,1-2H3. The number of benzene rings is 2. The maximum absolute atomic E-state index is 13.6. The van der Waals surface area contributed by atoms with E-state index in [1.54, 1.807) is 18.2 Å². The molecule has 2 aromatic carbocycles. The van der Waals surface area contributed by atoms with Gasteiger partial charge in [0.15, 0.2) is 11.5 Å². The van der Waals surface area contributed by atoms with Crippen LogP contribution in [-0.2, 0) is 10.0 Å². The summed E-state index contributed by atoms with van der Waals surface area (Å²) in [6, 6.07) is 10.0. The van der Waals surface area contributed by atoms with Crippen molar-refractivity contribution in [3.8, 4) is 11.5 Å². The van der Waals surface area contributed by atoms with Gasteiger partial charge < -0.3 is 14.8 Å². The molecule has 0 spiro atoms. The first kappa shape index (κ1) is 18.6. The fraction of sp³-hybridized carbons (Fsp3) is 0.333. The van der Waals surface area contributed by atoms with Crippen molar-refractivity contribution in [2.75, 3.05) is 33.9 Å². The SMILES string of the molecule is COc1ccc(S(=O)(=O)N2CCNCC2c2cccc(F)c2)cc1OC. The van der Waals surface area contributed by atoms with E-state index in [-0.39, 0.29) is 11.4 Å². The number of nitrogens with zero attached hydrogens (tertiary/aromatic N) is 1. The van der Waals surface area contributed by atoms with Crippen molar-refractivity contribution in [1.82, 2.24) is 9.62 Å². The van der Waals surface area contributed by atoms with Gasteiger partial charge >= 0.3 is 0 Å². The lowest BCUT2D eigenvalue weighted by Crippen LogP contribution is -2.48. The molecule has 1 N–H and O–H groups in total. The van der Waals surface area contributed by atoms with E-state index in [1.807, 2.05) is 0 Å². The molecular weight excluding hydrogens is 359 g/mol. The summed E-state index contributed by atoms with van der Waals surface area (Å²) in [6.45, 7) is 1.23. The number of ether oxygens (including phenoxy) is 2. The van der Waals surface area contributed by atoms with Crippen molar-refractivity contribution < 1.29 is 22.3 Å². The first-order valence-corrected chi connectivity index (χ1v) is 9.61. The first-order chi connectivity index (χ1) is 12.5. The van der Waals surface area contributed by atoms with Crippen LogP contribution in [0.25, 0.3) is 0 Å². The Morgan fingerprint density at radius 2 is 1.88 bits per heavy atom. The fourth-order valence-electron chi connectivity index (χ4n) is 3.08. The topological polar surface area (TPSA) is 67.9 Å². The Kier molecular flexibility index (Phi) is 5.45. The fourth-order valence-corrected chi connectivity index (χ4v) is 4.71. The molecule has 1 aliphatic rings. The molecule has 1 aliphatic heterocycles. The number of methoxy groups -OCH3 is 2. The summed E-state index contributed by atoms with van der Waals surface area (Å²) in [5, 5.41) is 3.17. The second kappa shape index (κ2) is 7.61. The molecule has 0 radical (unpaired) electrons. The van der Waals surface area contributed by atoms with Crippen LogP contribution in [0.2, 0.25) is 0 Å². The molecule has 0 bridgehead atoms. The lowest BCUT2D eigenvalue weighted by Gasteiger charge is -2.35. The van der Waals surface area contributed by atoms with Crippen molar-refractivity contribution in [3.63, 3.8) is 0 Å². The molecule has 26 heavy (non-hydrogen) atoms. The number of rotatable bonds is 5. The summed E-state index contributed by atoms with van der Waals surface area (Å²) in [7, 11) is -0.853. The normalized spacial score (nSPS) is 18.5. The minimum atomic E-state index is -3.79. The van der Waals surface area contributed by atoms with Gasteiger partial charge in [-0.05, 0) is 29.8 Å². The van der Waals surface area contributed by atoms with Crippen LogP contribution in [0, 0.1) is 5.82 Å². The lowest BCUT2D eigenvalue weighted by atomic mass is 10.1. The van der Waals surface area contributed by atoms with Gasteiger partial charge in [-0.1, -0.05) is 12.1 Å². The Morgan fingerprint density at radius 3 is 2.58 bits per heavy atom. The molecule has 0 amide bonds. The zero-order valence-electron chi connectivity index (χ0n) is 14.6. The molecule has 0 aromatic heterocycles. The number of nitrogens with one attached hydrogen (secondary N) is 1. The third kappa shape index (κ3) is 3.53. The largest absolute Gasteiger partial charge is 0.493 e. The van der Waals surface area contributed by atoms with E-state index >= 15 is 0 Å². The van der Waals surface area contributed by atoms with Gasteiger partial charge in [-0.3, -0.25) is 0 Å². The maximum Gasteiger partial charge on any atom is 0.243 e. The van der Waals surface area contributed by atoms with Crippen LogP contribution in [0.3, 0.4) is 0 Å². The number of sulfonamides is 1. The van der Waals surface area contributed by atoms with Crippen LogP contribution >= 0.6 is 0 Å². The van der Waals surface area contributed by atoms with Crippen LogP contribution < -0.4 is 14.8 Å². The molecule has 2 aromatic rings. The predicted molar refractivity (Wildman–Crippen MR) is 95.4 cm³/mol. The summed E-state index contributed by atoms with van der Waals surface area (Å²) in [5.41, 5.74) is 0.612. The minimum absolute atomic E-state index is 0.110. The van der Waals surface area contributed by atoms with Gasteiger partial charge in [0.25, 0.3) is 0 Å². The Morgan fingerprint density at radius 1 is 1.12 bits per heavy atom. The molecule has 1 saturated heterocycles. The quantitative estimate of drug-likeness (QED) is 0.861. The van der Waals surface area contributed by atoms with Gasteiger partial charge in [0.2, 0.25) is 10.0 Å². The number of piperazine rings is 1. The highest BCUT2D eigenvalue weighted by Crippen LogP contribution is 2.34. The monoisotopic (exact) mass is 380 g/mol. The molecule has 1 unspecified atom stereocenters. The smallest absolute Gasteiger partial charge is 0.243 e. The Bertz CT molecular complexity index is 889. The molecule has 1 atom stereocenters. The first-order valence-electron chi connectivity index (χ1n) is 8.17. The molecule has 1 fully saturated rings. The highest BCUT2D eigenvalue weighted by atomic mass is 32.2. The Balaban J connectivity index is 2.01. The van der Waals surface area contributed by atoms with Gasteiger partial charge in [-0.2, -0.15) is 4.31 Å². The molecule has 6 nitrogen and oxygen atoms in total. The van der Waals surface area contributed by atoms with E-state index in [9.17, 15) is 12.8 Å². The van der Waals surface area contributed by atoms with Crippen LogP contribution in [-0.4, -0.2) is 46.6 Å². The van der Waals surface area contributed by atoms with E-state index in [1.165, 1.54) is 42.8 Å². The second-order valence-electron chi connectivity index (χ2n) is 5.91. The minimum Gasteiger partial charge on any atom is -0.493 e. The Labute approximate surface area is 152 Å². The van der Waals surface area contributed by atoms with E-state index in [2.05, 4.69) is 5.32 Å². The van der Waals surface area contributed by atoms with E-state index < -0.39 is 21.9 Å². The summed E-state index contributed by atoms with van der Waals surface area (Å²) >= 11 is 0. The zero-order chi connectivity index (χ0) is 18.7. The molecule has 1 heterocycles. The van der Waals surface area contributed by atoms with Crippen LogP contribution in [0.5, 0.6) is 11.5 Å². The Hall–Kier alpha value is -2.16. The van der Waals surface area contributed by atoms with Crippen molar-refractivity contribution in [1.29, 1.82) is 0 Å². The average Bonchev–Trinajstić information content (AvgIpc) is 2.67. The summed E-state index contributed by atoms with van der Waals surface area (Å²) in [5.74, 6) is 0.399. The average molecular weight is 380 g/mol. The summed E-state index contributed by atoms with van der Waals surface area (Å²) in [6.07, 6.45) is 0. The molecule has 0 aliphatic carbocycles. The summed E-state index contributed by atoms with van der Waals surface area (Å²) < 4.78 is 51.9. The van der Waals surface area contributed by atoms with Crippen LogP contribution in [0.15, 0.2) is 47.4 Å². The van der Waals surface area contributed by atoms with Gasteiger partial charge in [0.05, 0.1) is 25.2 Å². The third-order valence-electron chi connectivity index (χ3n) is 4.39. The van der Waals surface area contributed by atoms with Crippen molar-refractivity contribution in [2.45, 2.75) is 10.9 Å². The molecular formula is C18H21FN2O4S. The van der Waals surface area contributed by atoms with Crippen LogP contribution in [0.4, 0.5) is 4.39 Å². The molecule has 0 saturated carbocycles. The second-order valence-corrected chi connectivity index (χ2v) is 7.80. The molecule has 3 rings (SSSR count). The van der Waals surface area contributed by atoms with Gasteiger partial charge in [-0.15, -0.1) is 0 Å². The highest BCUT2D eigenvalue weighted by Gasteiger charge is 2.35. The molecule has 8 heteroatoms. The summed E-state index contributed by atoms with van der Waals surface area (Å²) in [4.78, 5) is 0.110.